The first kappa shape index (κ1) is 23.7. The fourth-order valence-electron chi connectivity index (χ4n) is 1.56. The molecule has 2 amide bonds. The van der Waals surface area contributed by atoms with Crippen LogP contribution in [0.2, 0.25) is 0 Å². The summed E-state index contributed by atoms with van der Waals surface area (Å²) in [6.07, 6.45) is 0. The van der Waals surface area contributed by atoms with Gasteiger partial charge in [0.05, 0.1) is 39.6 Å². The lowest BCUT2D eigenvalue weighted by atomic mass is 10.6. The molecule has 0 rings (SSSR count). The van der Waals surface area contributed by atoms with Crippen molar-refractivity contribution in [1.29, 1.82) is 0 Å². The van der Waals surface area contributed by atoms with E-state index in [9.17, 15) is 9.59 Å². The minimum absolute atomic E-state index is 0.0792. The Kier molecular flexibility index (Phi) is 18.1. The van der Waals surface area contributed by atoms with Crippen molar-refractivity contribution in [3.63, 3.8) is 0 Å². The summed E-state index contributed by atoms with van der Waals surface area (Å²) in [5.74, 6) is -0.291. The Morgan fingerprint density at radius 3 is 1.32 bits per heavy atom. The first-order valence-corrected chi connectivity index (χ1v) is 8.62. The van der Waals surface area contributed by atoms with Crippen molar-refractivity contribution in [3.05, 3.63) is 0 Å². The Balaban J connectivity index is 3.14. The first-order chi connectivity index (χ1) is 12.2. The van der Waals surface area contributed by atoms with E-state index in [0.29, 0.717) is 65.9 Å². The minimum Gasteiger partial charge on any atom is -0.377 e. The Hall–Kier alpha value is -1.26. The number of hydrogen-bond acceptors (Lipinski definition) is 7. The maximum Gasteiger partial charge on any atom is 0.246 e. The van der Waals surface area contributed by atoms with Crippen LogP contribution in [0.4, 0.5) is 0 Å². The van der Waals surface area contributed by atoms with Crippen LogP contribution in [-0.2, 0) is 33.3 Å². The molecule has 0 fully saturated rings. The molecule has 0 aromatic rings. The SMILES string of the molecule is CCOCC(=O)NCCOCCOCCOCCNC(=O)COCC. The summed E-state index contributed by atoms with van der Waals surface area (Å²) in [4.78, 5) is 22.4. The van der Waals surface area contributed by atoms with Gasteiger partial charge in [0.2, 0.25) is 11.8 Å². The van der Waals surface area contributed by atoms with Gasteiger partial charge in [-0.05, 0) is 13.8 Å². The lowest BCUT2D eigenvalue weighted by Gasteiger charge is -2.08. The van der Waals surface area contributed by atoms with Crippen molar-refractivity contribution in [2.75, 3.05) is 79.2 Å². The molecule has 9 nitrogen and oxygen atoms in total. The van der Waals surface area contributed by atoms with E-state index >= 15 is 0 Å². The summed E-state index contributed by atoms with van der Waals surface area (Å²) in [7, 11) is 0. The van der Waals surface area contributed by atoms with Gasteiger partial charge in [-0.25, -0.2) is 0 Å². The third-order valence-electron chi connectivity index (χ3n) is 2.76. The van der Waals surface area contributed by atoms with Crippen LogP contribution < -0.4 is 10.6 Å². The largest absolute Gasteiger partial charge is 0.377 e. The summed E-state index contributed by atoms with van der Waals surface area (Å²) in [6.45, 7) is 8.46. The van der Waals surface area contributed by atoms with Gasteiger partial charge in [0.25, 0.3) is 0 Å². The lowest BCUT2D eigenvalue weighted by Crippen LogP contribution is -2.31. The van der Waals surface area contributed by atoms with Gasteiger partial charge in [-0.3, -0.25) is 9.59 Å². The van der Waals surface area contributed by atoms with Crippen LogP contribution in [0.15, 0.2) is 0 Å². The molecule has 0 bridgehead atoms. The third-order valence-corrected chi connectivity index (χ3v) is 2.76. The first-order valence-electron chi connectivity index (χ1n) is 8.62. The standard InChI is InChI=1S/C16H32N2O7/c1-3-21-13-15(19)17-5-7-23-9-11-25-12-10-24-8-6-18-16(20)14-22-4-2/h3-14H2,1-2H3,(H,17,19)(H,18,20). The molecular weight excluding hydrogens is 332 g/mol. The molecule has 2 N–H and O–H groups in total. The van der Waals surface area contributed by atoms with Crippen molar-refractivity contribution in [2.45, 2.75) is 13.8 Å². The maximum absolute atomic E-state index is 11.2. The maximum atomic E-state index is 11.2. The predicted molar refractivity (Wildman–Crippen MR) is 91.5 cm³/mol. The summed E-state index contributed by atoms with van der Waals surface area (Å²) >= 11 is 0. The molecule has 0 saturated heterocycles. The lowest BCUT2D eigenvalue weighted by molar-refractivity contribution is -0.126. The Bertz CT molecular complexity index is 300. The molecule has 148 valence electrons. The van der Waals surface area contributed by atoms with Crippen LogP contribution in [0, 0.1) is 0 Å². The van der Waals surface area contributed by atoms with Crippen LogP contribution in [-0.4, -0.2) is 91.0 Å². The molecule has 0 atom stereocenters. The van der Waals surface area contributed by atoms with E-state index in [1.54, 1.807) is 0 Å². The molecule has 0 unspecified atom stereocenters. The molecular formula is C16H32N2O7. The van der Waals surface area contributed by atoms with E-state index in [2.05, 4.69) is 10.6 Å². The van der Waals surface area contributed by atoms with E-state index in [0.717, 1.165) is 0 Å². The second kappa shape index (κ2) is 19.1. The average molecular weight is 364 g/mol. The summed E-state index contributed by atoms with van der Waals surface area (Å²) in [5, 5.41) is 5.36. The zero-order chi connectivity index (χ0) is 18.6. The van der Waals surface area contributed by atoms with Gasteiger partial charge in [-0.1, -0.05) is 0 Å². The van der Waals surface area contributed by atoms with Gasteiger partial charge >= 0.3 is 0 Å². The van der Waals surface area contributed by atoms with Crippen LogP contribution in [0.25, 0.3) is 0 Å². The number of hydrogen-bond donors (Lipinski definition) is 2. The Labute approximate surface area is 149 Å². The van der Waals surface area contributed by atoms with Gasteiger partial charge in [-0.15, -0.1) is 0 Å². The van der Waals surface area contributed by atoms with E-state index < -0.39 is 0 Å². The quantitative estimate of drug-likeness (QED) is 0.311. The summed E-state index contributed by atoms with van der Waals surface area (Å²) in [6, 6.07) is 0. The highest BCUT2D eigenvalue weighted by Crippen LogP contribution is 1.82. The van der Waals surface area contributed by atoms with Crippen LogP contribution in [0.3, 0.4) is 0 Å². The van der Waals surface area contributed by atoms with Crippen molar-refractivity contribution in [3.8, 4) is 0 Å². The highest BCUT2D eigenvalue weighted by Gasteiger charge is 2.00. The van der Waals surface area contributed by atoms with E-state index in [1.165, 1.54) is 0 Å². The number of rotatable bonds is 18. The van der Waals surface area contributed by atoms with Gasteiger partial charge in [0.15, 0.2) is 0 Å². The molecule has 9 heteroatoms. The number of amides is 2. The molecule has 0 spiro atoms. The molecule has 0 heterocycles. The summed E-state index contributed by atoms with van der Waals surface area (Å²) < 4.78 is 25.9. The van der Waals surface area contributed by atoms with Crippen molar-refractivity contribution in [2.24, 2.45) is 0 Å². The van der Waals surface area contributed by atoms with Crippen LogP contribution >= 0.6 is 0 Å². The summed E-state index contributed by atoms with van der Waals surface area (Å²) in [5.41, 5.74) is 0. The van der Waals surface area contributed by atoms with Gasteiger partial charge in [-0.2, -0.15) is 0 Å². The van der Waals surface area contributed by atoms with Gasteiger partial charge in [0, 0.05) is 26.3 Å². The van der Waals surface area contributed by atoms with Gasteiger partial charge < -0.3 is 34.3 Å². The second-order valence-corrected chi connectivity index (χ2v) is 4.81. The zero-order valence-electron chi connectivity index (χ0n) is 15.3. The normalized spacial score (nSPS) is 10.6. The number of nitrogens with one attached hydrogen (secondary N) is 2. The fraction of sp³-hybridized carbons (Fsp3) is 0.875. The van der Waals surface area contributed by atoms with Gasteiger partial charge in [0.1, 0.15) is 13.2 Å². The van der Waals surface area contributed by atoms with Crippen LogP contribution in [0.5, 0.6) is 0 Å². The Morgan fingerprint density at radius 1 is 0.600 bits per heavy atom. The van der Waals surface area contributed by atoms with Crippen molar-refractivity contribution < 1.29 is 33.3 Å². The highest BCUT2D eigenvalue weighted by atomic mass is 16.5. The molecule has 25 heavy (non-hydrogen) atoms. The Morgan fingerprint density at radius 2 is 0.960 bits per heavy atom. The molecule has 0 aromatic carbocycles. The zero-order valence-corrected chi connectivity index (χ0v) is 15.3. The molecule has 0 aliphatic heterocycles. The molecule has 0 radical (unpaired) electrons. The monoisotopic (exact) mass is 364 g/mol. The van der Waals surface area contributed by atoms with Crippen LogP contribution in [0.1, 0.15) is 13.8 Å². The molecule has 0 aromatic heterocycles. The van der Waals surface area contributed by atoms with E-state index in [1.807, 2.05) is 13.8 Å². The smallest absolute Gasteiger partial charge is 0.246 e. The molecule has 0 aliphatic rings. The topological polar surface area (TPSA) is 104 Å². The fourth-order valence-corrected chi connectivity index (χ4v) is 1.56. The molecule has 0 aliphatic carbocycles. The average Bonchev–Trinajstić information content (AvgIpc) is 2.61. The predicted octanol–water partition coefficient (Wildman–Crippen LogP) is -0.658. The second-order valence-electron chi connectivity index (χ2n) is 4.81. The third kappa shape index (κ3) is 18.9. The minimum atomic E-state index is -0.145. The number of carbonyl (C=O) groups is 2. The van der Waals surface area contributed by atoms with Crippen molar-refractivity contribution in [1.82, 2.24) is 10.6 Å². The molecule has 0 saturated carbocycles. The van der Waals surface area contributed by atoms with Crippen molar-refractivity contribution >= 4 is 11.8 Å². The highest BCUT2D eigenvalue weighted by molar-refractivity contribution is 5.77. The van der Waals surface area contributed by atoms with E-state index in [-0.39, 0.29) is 25.0 Å². The number of ether oxygens (including phenoxy) is 5. The number of carbonyl (C=O) groups excluding carboxylic acids is 2. The van der Waals surface area contributed by atoms with E-state index in [4.69, 9.17) is 23.7 Å².